The molecule has 1 saturated carbocycles. The number of fused-ring (bicyclic) bond motifs is 2. The van der Waals surface area contributed by atoms with E-state index in [0.717, 1.165) is 63.4 Å². The van der Waals surface area contributed by atoms with Crippen LogP contribution in [0.25, 0.3) is 6.08 Å². The second kappa shape index (κ2) is 19.6. The largest absolute Gasteiger partial charge is 0.506 e. The van der Waals surface area contributed by atoms with Crippen molar-refractivity contribution in [1.29, 1.82) is 0 Å². The number of hydrogen-bond donors (Lipinski definition) is 4. The lowest BCUT2D eigenvalue weighted by Gasteiger charge is -2.56. The molecule has 1 amide bonds. The molecule has 4 bridgehead atoms. The first-order valence-electron chi connectivity index (χ1n) is 24.3. The van der Waals surface area contributed by atoms with E-state index >= 15 is 4.79 Å². The van der Waals surface area contributed by atoms with Gasteiger partial charge in [0.05, 0.1) is 11.2 Å². The summed E-state index contributed by atoms with van der Waals surface area (Å²) in [4.78, 5) is 60.4. The minimum Gasteiger partial charge on any atom is -0.506 e. The number of benzene rings is 1. The van der Waals surface area contributed by atoms with Gasteiger partial charge in [0.25, 0.3) is 0 Å². The molecule has 1 spiro atoms. The summed E-state index contributed by atoms with van der Waals surface area (Å²) < 4.78 is 21.8. The first-order chi connectivity index (χ1) is 31.7. The molecule has 1 saturated heterocycles. The second-order valence-electron chi connectivity index (χ2n) is 20.5. The number of hydrogen-bond acceptors (Lipinski definition) is 11. The van der Waals surface area contributed by atoms with Gasteiger partial charge >= 0.3 is 5.97 Å². The number of ether oxygens (including phenoxy) is 3. The van der Waals surface area contributed by atoms with E-state index in [4.69, 9.17) is 19.0 Å². The van der Waals surface area contributed by atoms with Crippen LogP contribution in [0.5, 0.6) is 29.0 Å². The Morgan fingerprint density at radius 2 is 1.49 bits per heavy atom. The first kappa shape index (κ1) is 49.3. The summed E-state index contributed by atoms with van der Waals surface area (Å²) in [5.74, 6) is -2.48. The highest BCUT2D eigenvalue weighted by Gasteiger charge is 2.81. The van der Waals surface area contributed by atoms with Crippen LogP contribution in [0.2, 0.25) is 0 Å². The summed E-state index contributed by atoms with van der Waals surface area (Å²) >= 11 is 0. The van der Waals surface area contributed by atoms with Crippen molar-refractivity contribution < 1.29 is 53.5 Å². The molecule has 6 aliphatic rings. The smallest absolute Gasteiger partial charge is 0.333 e. The molecule has 13 heteroatoms. The molecule has 2 aromatic rings. The van der Waals surface area contributed by atoms with Crippen molar-refractivity contribution in [1.82, 2.24) is 10.0 Å². The monoisotopic (exact) mass is 922 g/mol. The summed E-state index contributed by atoms with van der Waals surface area (Å²) in [7, 11) is 0. The third-order valence-corrected chi connectivity index (χ3v) is 14.3. The van der Waals surface area contributed by atoms with E-state index in [0.29, 0.717) is 65.0 Å². The molecular formula is C54H70N2O11. The minimum atomic E-state index is -1.60. The highest BCUT2D eigenvalue weighted by Crippen LogP contribution is 2.68. The molecule has 8 rings (SSSR count). The van der Waals surface area contributed by atoms with E-state index in [1.807, 2.05) is 46.8 Å². The molecule has 67 heavy (non-hydrogen) atoms. The molecule has 2 fully saturated rings. The van der Waals surface area contributed by atoms with E-state index in [1.54, 1.807) is 19.1 Å². The zero-order valence-electron chi connectivity index (χ0n) is 40.6. The first-order valence-corrected chi connectivity index (χ1v) is 24.3. The molecule has 1 aromatic carbocycles. The van der Waals surface area contributed by atoms with Crippen molar-refractivity contribution >= 4 is 29.5 Å². The number of carbonyl (C=O) groups excluding carboxylic acids is 4. The van der Waals surface area contributed by atoms with Gasteiger partial charge in [-0.2, -0.15) is 0 Å². The number of carbonyl (C=O) groups is 4. The van der Waals surface area contributed by atoms with Gasteiger partial charge in [-0.25, -0.2) is 4.79 Å². The number of Topliss-reactive ketones (excluding diaryl/α,β-unsaturated/α-hetero) is 2. The fourth-order valence-corrected chi connectivity index (χ4v) is 10.8. The van der Waals surface area contributed by atoms with Crippen LogP contribution in [0.3, 0.4) is 0 Å². The van der Waals surface area contributed by atoms with Crippen LogP contribution in [-0.4, -0.2) is 72.4 Å². The van der Waals surface area contributed by atoms with Crippen molar-refractivity contribution in [2.45, 2.75) is 174 Å². The third-order valence-electron chi connectivity index (χ3n) is 14.3. The molecule has 3 aliphatic heterocycles. The van der Waals surface area contributed by atoms with Gasteiger partial charge in [-0.1, -0.05) is 80.4 Å². The lowest BCUT2D eigenvalue weighted by molar-refractivity contribution is -0.171. The van der Waals surface area contributed by atoms with Gasteiger partial charge in [0, 0.05) is 60.1 Å². The number of nitrogens with one attached hydrogen (secondary N) is 1. The summed E-state index contributed by atoms with van der Waals surface area (Å²) in [6, 6.07) is 2.48. The third kappa shape index (κ3) is 9.50. The highest BCUT2D eigenvalue weighted by atomic mass is 16.7. The Morgan fingerprint density at radius 1 is 0.851 bits per heavy atom. The van der Waals surface area contributed by atoms with E-state index in [2.05, 4.69) is 31.3 Å². The molecule has 362 valence electrons. The van der Waals surface area contributed by atoms with Gasteiger partial charge in [-0.3, -0.25) is 14.4 Å². The predicted octanol–water partition coefficient (Wildman–Crippen LogP) is 10.0. The molecule has 1 aromatic heterocycles. The second-order valence-corrected chi connectivity index (χ2v) is 20.5. The maximum absolute atomic E-state index is 15.1. The van der Waals surface area contributed by atoms with E-state index < -0.39 is 34.3 Å². The Kier molecular flexibility index (Phi) is 14.4. The lowest BCUT2D eigenvalue weighted by atomic mass is 9.51. The van der Waals surface area contributed by atoms with E-state index in [-0.39, 0.29) is 65.1 Å². The van der Waals surface area contributed by atoms with Gasteiger partial charge in [0.1, 0.15) is 28.4 Å². The van der Waals surface area contributed by atoms with Gasteiger partial charge < -0.3 is 39.7 Å². The standard InChI is InChI=1S/C54H70N2O11/c1-33(2)19-18-27-52(8)28-26-37-45(60)44-46(61)39-31-36-32-40-51(6,7)67-53(49(36)62,54(39,40)65-48(44)38(47(37)64-52)22-21-34(3)4)29-25-35(5)50(63)55-30-17-15-13-11-9-10-12-14-16-20-43(59)66-56-41(57)23-24-42(56)58/h19,21,23-26,28,31,36,40,57-58,60H,9-18,20,22,27,29-30,32H2,1-8H3,(H,55,63). The lowest BCUT2D eigenvalue weighted by Crippen LogP contribution is -2.72. The summed E-state index contributed by atoms with van der Waals surface area (Å²) in [5.41, 5.74) is -0.499. The predicted molar refractivity (Wildman–Crippen MR) is 255 cm³/mol. The molecule has 13 nitrogen and oxygen atoms in total. The number of aromatic hydroxyl groups is 3. The molecule has 0 radical (unpaired) electrons. The van der Waals surface area contributed by atoms with Gasteiger partial charge in [-0.05, 0) is 106 Å². The van der Waals surface area contributed by atoms with E-state index in [9.17, 15) is 29.7 Å². The summed E-state index contributed by atoms with van der Waals surface area (Å²) in [6.07, 6.45) is 22.6. The molecule has 5 atom stereocenters. The quantitative estimate of drug-likeness (QED) is 0.0531. The van der Waals surface area contributed by atoms with Crippen LogP contribution in [0.4, 0.5) is 0 Å². The van der Waals surface area contributed by atoms with Crippen LogP contribution in [0, 0.1) is 11.8 Å². The van der Waals surface area contributed by atoms with Crippen LogP contribution >= 0.6 is 0 Å². The number of unbranched alkanes of at least 4 members (excludes halogenated alkanes) is 8. The number of aromatic nitrogens is 1. The fourth-order valence-electron chi connectivity index (χ4n) is 10.8. The Labute approximate surface area is 394 Å². The van der Waals surface area contributed by atoms with Crippen molar-refractivity contribution in [3.05, 3.63) is 81.5 Å². The van der Waals surface area contributed by atoms with Crippen molar-refractivity contribution in [3.8, 4) is 29.0 Å². The van der Waals surface area contributed by atoms with Gasteiger partial charge in [0.15, 0.2) is 22.8 Å². The average Bonchev–Trinajstić information content (AvgIpc) is 3.66. The highest BCUT2D eigenvalue weighted by molar-refractivity contribution is 6.19. The maximum Gasteiger partial charge on any atom is 0.333 e. The van der Waals surface area contributed by atoms with Crippen molar-refractivity contribution in [3.63, 3.8) is 0 Å². The topological polar surface area (TPSA) is 183 Å². The molecule has 4 N–H and O–H groups in total. The normalized spacial score (nSPS) is 25.0. The Bertz CT molecular complexity index is 2420. The number of amides is 1. The Balaban J connectivity index is 0.997. The zero-order chi connectivity index (χ0) is 48.5. The SMILES string of the molecule is CC(C)=CCCC1(C)C=Cc2c(O)c3c(c(CC=C(C)C)c2O1)OC12C(=CC4CC1C(C)(C)OC2(CC=C(C)C(=O)NCCCCCCCCCCCC(=O)On1c(O)ccc1O)C4=O)C3=O. The molecule has 4 heterocycles. The average molecular weight is 923 g/mol. The minimum absolute atomic E-state index is 0.0242. The fraction of sp³-hybridized carbons (Fsp3) is 0.556. The number of ketones is 2. The summed E-state index contributed by atoms with van der Waals surface area (Å²) in [5, 5.41) is 34.3. The number of phenolic OH excluding ortho intramolecular Hbond substituents is 1. The van der Waals surface area contributed by atoms with Crippen molar-refractivity contribution in [2.24, 2.45) is 11.8 Å². The Hall–Kier alpha value is -5.56. The van der Waals surface area contributed by atoms with Crippen LogP contribution < -0.4 is 19.6 Å². The van der Waals surface area contributed by atoms with Crippen LogP contribution in [0.15, 0.2) is 64.8 Å². The number of rotatable bonds is 21. The number of nitrogens with zero attached hydrogens (tertiary/aromatic N) is 1. The molecular weight excluding hydrogens is 853 g/mol. The Morgan fingerprint density at radius 3 is 2.15 bits per heavy atom. The van der Waals surface area contributed by atoms with Crippen LogP contribution in [0.1, 0.15) is 167 Å². The number of allylic oxidation sites excluding steroid dienone is 5. The molecule has 5 unspecified atom stereocenters. The van der Waals surface area contributed by atoms with Crippen LogP contribution in [-0.2, 0) is 25.5 Å². The summed E-state index contributed by atoms with van der Waals surface area (Å²) in [6.45, 7) is 16.3. The number of phenols is 1. The maximum atomic E-state index is 15.1. The van der Waals surface area contributed by atoms with Gasteiger partial charge in [0.2, 0.25) is 17.7 Å². The van der Waals surface area contributed by atoms with Gasteiger partial charge in [-0.15, -0.1) is 4.73 Å². The van der Waals surface area contributed by atoms with E-state index in [1.165, 1.54) is 17.7 Å². The van der Waals surface area contributed by atoms with Crippen molar-refractivity contribution in [2.75, 3.05) is 6.54 Å². The zero-order valence-corrected chi connectivity index (χ0v) is 40.6. The molecule has 3 aliphatic carbocycles.